The van der Waals surface area contributed by atoms with E-state index in [0.717, 1.165) is 27.1 Å². The third-order valence-corrected chi connectivity index (χ3v) is 6.06. The second-order valence-electron chi connectivity index (χ2n) is 4.35. The predicted molar refractivity (Wildman–Crippen MR) is 97.2 cm³/mol. The van der Waals surface area contributed by atoms with Crippen molar-refractivity contribution in [2.24, 2.45) is 0 Å². The van der Waals surface area contributed by atoms with Gasteiger partial charge in [-0.15, -0.1) is 22.0 Å². The standard InChI is InChI=1S/C14H16ClN3OS3/c1-2-7-21-14-18-17-13(22-14)16-12(19)9-20-8-10-5-3-4-6-11(10)15/h3-6H,2,7-9H2,1H3,(H,16,17,19). The van der Waals surface area contributed by atoms with Crippen molar-refractivity contribution < 1.29 is 4.79 Å². The Balaban J connectivity index is 1.74. The van der Waals surface area contributed by atoms with Gasteiger partial charge in [-0.3, -0.25) is 10.1 Å². The Hall–Kier alpha value is -0.760. The maximum Gasteiger partial charge on any atom is 0.236 e. The highest BCUT2D eigenvalue weighted by molar-refractivity contribution is 8.01. The molecule has 0 saturated carbocycles. The number of halogens is 1. The lowest BCUT2D eigenvalue weighted by atomic mass is 10.2. The van der Waals surface area contributed by atoms with E-state index >= 15 is 0 Å². The molecule has 0 unspecified atom stereocenters. The molecule has 0 aliphatic heterocycles. The lowest BCUT2D eigenvalue weighted by Gasteiger charge is -2.03. The molecule has 1 amide bonds. The van der Waals surface area contributed by atoms with Crippen LogP contribution < -0.4 is 5.32 Å². The number of anilines is 1. The van der Waals surface area contributed by atoms with E-state index in [-0.39, 0.29) is 5.91 Å². The zero-order valence-corrected chi connectivity index (χ0v) is 15.2. The molecular formula is C14H16ClN3OS3. The minimum atomic E-state index is -0.0692. The molecule has 0 bridgehead atoms. The summed E-state index contributed by atoms with van der Waals surface area (Å²) in [5.74, 6) is 2.01. The first kappa shape index (κ1) is 17.6. The quantitative estimate of drug-likeness (QED) is 0.542. The van der Waals surface area contributed by atoms with Gasteiger partial charge in [0.05, 0.1) is 5.75 Å². The van der Waals surface area contributed by atoms with Crippen molar-refractivity contribution in [3.8, 4) is 0 Å². The SMILES string of the molecule is CCCSc1nnc(NC(=O)CSCc2ccccc2Cl)s1. The molecule has 0 atom stereocenters. The van der Waals surface area contributed by atoms with E-state index in [1.165, 1.54) is 23.1 Å². The van der Waals surface area contributed by atoms with Gasteiger partial charge < -0.3 is 0 Å². The van der Waals surface area contributed by atoms with E-state index in [9.17, 15) is 4.79 Å². The van der Waals surface area contributed by atoms with Crippen molar-refractivity contribution in [2.45, 2.75) is 23.4 Å². The molecule has 0 aliphatic rings. The first-order valence-electron chi connectivity index (χ1n) is 6.76. The van der Waals surface area contributed by atoms with Crippen LogP contribution in [-0.2, 0) is 10.5 Å². The molecule has 118 valence electrons. The molecule has 0 aliphatic carbocycles. The third kappa shape index (κ3) is 5.79. The van der Waals surface area contributed by atoms with Crippen LogP contribution in [0.5, 0.6) is 0 Å². The minimum Gasteiger partial charge on any atom is -0.300 e. The van der Waals surface area contributed by atoms with Crippen LogP contribution in [0.2, 0.25) is 5.02 Å². The molecule has 0 fully saturated rings. The Morgan fingerprint density at radius 1 is 1.36 bits per heavy atom. The van der Waals surface area contributed by atoms with Gasteiger partial charge in [0.25, 0.3) is 0 Å². The van der Waals surface area contributed by atoms with Gasteiger partial charge in [-0.25, -0.2) is 0 Å². The molecule has 8 heteroatoms. The Morgan fingerprint density at radius 3 is 2.95 bits per heavy atom. The van der Waals surface area contributed by atoms with E-state index in [4.69, 9.17) is 11.6 Å². The minimum absolute atomic E-state index is 0.0692. The number of hydrogen-bond donors (Lipinski definition) is 1. The second-order valence-corrected chi connectivity index (χ2v) is 8.07. The fourth-order valence-electron chi connectivity index (χ4n) is 1.53. The van der Waals surface area contributed by atoms with Gasteiger partial charge in [0.2, 0.25) is 11.0 Å². The van der Waals surface area contributed by atoms with Crippen LogP contribution in [0, 0.1) is 0 Å². The number of benzene rings is 1. The Kier molecular flexibility index (Phi) is 7.51. The molecule has 0 saturated heterocycles. The highest BCUT2D eigenvalue weighted by Gasteiger charge is 2.09. The van der Waals surface area contributed by atoms with Crippen molar-refractivity contribution in [3.05, 3.63) is 34.9 Å². The van der Waals surface area contributed by atoms with Crippen LogP contribution in [0.1, 0.15) is 18.9 Å². The van der Waals surface area contributed by atoms with Crippen molar-refractivity contribution in [2.75, 3.05) is 16.8 Å². The van der Waals surface area contributed by atoms with Gasteiger partial charge in [0.1, 0.15) is 0 Å². The van der Waals surface area contributed by atoms with Crippen molar-refractivity contribution in [3.63, 3.8) is 0 Å². The summed E-state index contributed by atoms with van der Waals surface area (Å²) >= 11 is 10.7. The van der Waals surface area contributed by atoms with Crippen LogP contribution in [-0.4, -0.2) is 27.6 Å². The number of thioether (sulfide) groups is 2. The Bertz CT molecular complexity index is 621. The Labute approximate surface area is 147 Å². The summed E-state index contributed by atoms with van der Waals surface area (Å²) in [5.41, 5.74) is 1.04. The maximum atomic E-state index is 11.9. The molecule has 4 nitrogen and oxygen atoms in total. The topological polar surface area (TPSA) is 54.9 Å². The third-order valence-electron chi connectivity index (χ3n) is 2.53. The fourth-order valence-corrected chi connectivity index (χ4v) is 4.34. The highest BCUT2D eigenvalue weighted by atomic mass is 35.5. The van der Waals surface area contributed by atoms with Gasteiger partial charge in [0.15, 0.2) is 4.34 Å². The van der Waals surface area contributed by atoms with E-state index in [1.807, 2.05) is 24.3 Å². The largest absolute Gasteiger partial charge is 0.300 e. The van der Waals surface area contributed by atoms with E-state index in [0.29, 0.717) is 16.6 Å². The molecule has 1 aromatic carbocycles. The highest BCUT2D eigenvalue weighted by Crippen LogP contribution is 2.26. The average Bonchev–Trinajstić information content (AvgIpc) is 2.94. The zero-order chi connectivity index (χ0) is 15.8. The normalized spacial score (nSPS) is 10.6. The van der Waals surface area contributed by atoms with Gasteiger partial charge in [0, 0.05) is 16.5 Å². The number of carbonyl (C=O) groups excluding carboxylic acids is 1. The predicted octanol–water partition coefficient (Wildman–Crippen LogP) is 4.57. The number of hydrogen-bond acceptors (Lipinski definition) is 6. The van der Waals surface area contributed by atoms with Gasteiger partial charge in [-0.05, 0) is 18.1 Å². The molecule has 1 N–H and O–H groups in total. The molecule has 0 radical (unpaired) electrons. The summed E-state index contributed by atoms with van der Waals surface area (Å²) in [5, 5.41) is 12.1. The van der Waals surface area contributed by atoms with E-state index in [1.54, 1.807) is 11.8 Å². The molecule has 2 aromatic rings. The maximum absolute atomic E-state index is 11.9. The molecule has 0 spiro atoms. The summed E-state index contributed by atoms with van der Waals surface area (Å²) in [4.78, 5) is 11.9. The molecule has 1 aromatic heterocycles. The van der Waals surface area contributed by atoms with Crippen molar-refractivity contribution in [1.82, 2.24) is 10.2 Å². The summed E-state index contributed by atoms with van der Waals surface area (Å²) < 4.78 is 0.890. The van der Waals surface area contributed by atoms with Crippen LogP contribution in [0.3, 0.4) is 0 Å². The van der Waals surface area contributed by atoms with Crippen molar-refractivity contribution in [1.29, 1.82) is 0 Å². The lowest BCUT2D eigenvalue weighted by molar-refractivity contribution is -0.113. The summed E-state index contributed by atoms with van der Waals surface area (Å²) in [6.07, 6.45) is 1.09. The van der Waals surface area contributed by atoms with Gasteiger partial charge >= 0.3 is 0 Å². The van der Waals surface area contributed by atoms with Crippen LogP contribution in [0.25, 0.3) is 0 Å². The van der Waals surface area contributed by atoms with Crippen LogP contribution in [0.4, 0.5) is 5.13 Å². The summed E-state index contributed by atoms with van der Waals surface area (Å²) in [7, 11) is 0. The number of amides is 1. The van der Waals surface area contributed by atoms with Crippen molar-refractivity contribution >= 4 is 57.5 Å². The average molecular weight is 374 g/mol. The number of carbonyl (C=O) groups is 1. The number of aromatic nitrogens is 2. The molecule has 22 heavy (non-hydrogen) atoms. The first-order chi connectivity index (χ1) is 10.7. The lowest BCUT2D eigenvalue weighted by Crippen LogP contribution is -2.14. The Morgan fingerprint density at radius 2 is 2.18 bits per heavy atom. The molecule has 2 rings (SSSR count). The van der Waals surface area contributed by atoms with Gasteiger partial charge in [-0.2, -0.15) is 0 Å². The van der Waals surface area contributed by atoms with E-state index < -0.39 is 0 Å². The first-order valence-corrected chi connectivity index (χ1v) is 10.1. The van der Waals surface area contributed by atoms with E-state index in [2.05, 4.69) is 22.4 Å². The number of rotatable bonds is 8. The van der Waals surface area contributed by atoms with Crippen LogP contribution in [0.15, 0.2) is 28.6 Å². The fraction of sp³-hybridized carbons (Fsp3) is 0.357. The summed E-state index contributed by atoms with van der Waals surface area (Å²) in [6, 6.07) is 7.66. The second kappa shape index (κ2) is 9.39. The molecule has 1 heterocycles. The molecular weight excluding hydrogens is 358 g/mol. The smallest absolute Gasteiger partial charge is 0.236 e. The number of nitrogens with zero attached hydrogens (tertiary/aromatic N) is 2. The zero-order valence-electron chi connectivity index (χ0n) is 12.0. The van der Waals surface area contributed by atoms with Crippen LogP contribution >= 0.6 is 46.5 Å². The monoisotopic (exact) mass is 373 g/mol. The number of nitrogens with one attached hydrogen (secondary N) is 1. The van der Waals surface area contributed by atoms with Gasteiger partial charge in [-0.1, -0.05) is 59.8 Å². The summed E-state index contributed by atoms with van der Waals surface area (Å²) in [6.45, 7) is 2.12.